The number of halogens is 4. The summed E-state index contributed by atoms with van der Waals surface area (Å²) in [6, 6.07) is 2.77. The maximum Gasteiger partial charge on any atom is 0.257 e. The van der Waals surface area contributed by atoms with Crippen LogP contribution in [-0.4, -0.2) is 11.5 Å². The molecule has 0 radical (unpaired) electrons. The Kier molecular flexibility index (Phi) is 5.33. The van der Waals surface area contributed by atoms with Crippen LogP contribution in [0.15, 0.2) is 22.7 Å². The van der Waals surface area contributed by atoms with E-state index in [4.69, 9.17) is 10.8 Å². The number of alkyl halides is 2. The molecule has 80 valence electrons. The van der Waals surface area contributed by atoms with Gasteiger partial charge in [0.2, 0.25) is 0 Å². The van der Waals surface area contributed by atoms with Crippen LogP contribution < -0.4 is 5.73 Å². The topological polar surface area (TPSA) is 46.2 Å². The summed E-state index contributed by atoms with van der Waals surface area (Å²) in [5.74, 6) is 0.00483. The number of rotatable bonds is 2. The molecule has 0 aliphatic heterocycles. The summed E-state index contributed by atoms with van der Waals surface area (Å²) in [6.07, 6.45) is -2.60. The molecule has 0 aromatic heterocycles. The van der Waals surface area contributed by atoms with Gasteiger partial charge in [-0.05, 0) is 33.6 Å². The molecule has 1 rings (SSSR count). The van der Waals surface area contributed by atoms with Gasteiger partial charge in [-0.3, -0.25) is 0 Å². The van der Waals surface area contributed by atoms with Gasteiger partial charge in [0.1, 0.15) is 5.75 Å². The van der Waals surface area contributed by atoms with Gasteiger partial charge < -0.3 is 10.8 Å². The van der Waals surface area contributed by atoms with Crippen LogP contribution in [0.4, 0.5) is 8.78 Å². The van der Waals surface area contributed by atoms with Crippen LogP contribution in [0.2, 0.25) is 0 Å². The van der Waals surface area contributed by atoms with Crippen LogP contribution in [0.1, 0.15) is 11.6 Å². The van der Waals surface area contributed by atoms with Gasteiger partial charge in [-0.2, -0.15) is 0 Å². The van der Waals surface area contributed by atoms with Gasteiger partial charge in [0.25, 0.3) is 6.43 Å². The first kappa shape index (κ1) is 13.6. The predicted octanol–water partition coefficient (Wildman–Crippen LogP) is 2.84. The minimum Gasteiger partial charge on any atom is -0.507 e. The molecule has 0 heterocycles. The van der Waals surface area contributed by atoms with Gasteiger partial charge in [0.15, 0.2) is 0 Å². The SMILES string of the molecule is Cl.N[C@H](c1ccc(O)c(Br)c1)C(F)F. The Morgan fingerprint density at radius 1 is 1.36 bits per heavy atom. The van der Waals surface area contributed by atoms with E-state index in [0.717, 1.165) is 0 Å². The number of hydrogen-bond donors (Lipinski definition) is 2. The molecule has 0 bridgehead atoms. The molecule has 0 unspecified atom stereocenters. The standard InChI is InChI=1S/C8H8BrF2NO.ClH/c9-5-3-4(1-2-6(5)13)7(12)8(10)11;/h1-3,7-8,13H,12H2;1H/t7-;/m1./s1. The first-order valence-corrected chi connectivity index (χ1v) is 4.34. The molecule has 2 nitrogen and oxygen atoms in total. The highest BCUT2D eigenvalue weighted by Gasteiger charge is 2.17. The second-order valence-corrected chi connectivity index (χ2v) is 3.43. The second kappa shape index (κ2) is 5.48. The van der Waals surface area contributed by atoms with E-state index in [1.165, 1.54) is 18.2 Å². The third kappa shape index (κ3) is 3.08. The molecule has 1 aromatic rings. The Morgan fingerprint density at radius 2 is 1.93 bits per heavy atom. The predicted molar refractivity (Wildman–Crippen MR) is 56.0 cm³/mol. The average Bonchev–Trinajstić information content (AvgIpc) is 2.08. The number of phenolic OH excluding ortho intramolecular Hbond substituents is 1. The van der Waals surface area contributed by atoms with Crippen molar-refractivity contribution in [2.45, 2.75) is 12.5 Å². The summed E-state index contributed by atoms with van der Waals surface area (Å²) < 4.78 is 24.6. The fourth-order valence-electron chi connectivity index (χ4n) is 0.876. The van der Waals surface area contributed by atoms with Gasteiger partial charge in [-0.25, -0.2) is 8.78 Å². The normalized spacial score (nSPS) is 12.4. The highest BCUT2D eigenvalue weighted by atomic mass is 79.9. The van der Waals surface area contributed by atoms with E-state index >= 15 is 0 Å². The van der Waals surface area contributed by atoms with Crippen LogP contribution >= 0.6 is 28.3 Å². The molecule has 14 heavy (non-hydrogen) atoms. The summed E-state index contributed by atoms with van der Waals surface area (Å²) in [7, 11) is 0. The van der Waals surface area contributed by atoms with Crippen LogP contribution in [0.3, 0.4) is 0 Å². The minimum absolute atomic E-state index is 0. The van der Waals surface area contributed by atoms with Gasteiger partial charge in [0.05, 0.1) is 10.5 Å². The zero-order valence-electron chi connectivity index (χ0n) is 6.95. The first-order valence-electron chi connectivity index (χ1n) is 3.54. The van der Waals surface area contributed by atoms with Crippen molar-refractivity contribution < 1.29 is 13.9 Å². The molecular weight excluding hydrogens is 279 g/mol. The molecule has 0 spiro atoms. The smallest absolute Gasteiger partial charge is 0.257 e. The van der Waals surface area contributed by atoms with Crippen molar-refractivity contribution in [2.75, 3.05) is 0 Å². The average molecular weight is 289 g/mol. The van der Waals surface area contributed by atoms with Crippen LogP contribution in [-0.2, 0) is 0 Å². The molecule has 0 amide bonds. The van der Waals surface area contributed by atoms with Crippen molar-refractivity contribution in [3.8, 4) is 5.75 Å². The molecule has 1 atom stereocenters. The zero-order valence-corrected chi connectivity index (χ0v) is 9.36. The van der Waals surface area contributed by atoms with Gasteiger partial charge in [0, 0.05) is 0 Å². The minimum atomic E-state index is -2.60. The molecule has 0 saturated carbocycles. The maximum atomic E-state index is 12.1. The van der Waals surface area contributed by atoms with Gasteiger partial charge in [-0.15, -0.1) is 12.4 Å². The van der Waals surface area contributed by atoms with E-state index in [1.54, 1.807) is 0 Å². The molecule has 0 saturated heterocycles. The summed E-state index contributed by atoms with van der Waals surface area (Å²) >= 11 is 3.01. The monoisotopic (exact) mass is 287 g/mol. The van der Waals surface area contributed by atoms with E-state index < -0.39 is 12.5 Å². The second-order valence-electron chi connectivity index (χ2n) is 2.57. The Labute approximate surface area is 94.6 Å². The van der Waals surface area contributed by atoms with Crippen LogP contribution in [0.25, 0.3) is 0 Å². The highest BCUT2D eigenvalue weighted by molar-refractivity contribution is 9.10. The highest BCUT2D eigenvalue weighted by Crippen LogP contribution is 2.28. The maximum absolute atomic E-state index is 12.1. The Morgan fingerprint density at radius 3 is 2.36 bits per heavy atom. The molecule has 3 N–H and O–H groups in total. The summed E-state index contributed by atoms with van der Waals surface area (Å²) in [5.41, 5.74) is 5.50. The number of aromatic hydroxyl groups is 1. The van der Waals surface area contributed by atoms with E-state index in [9.17, 15) is 8.78 Å². The molecular formula is C8H9BrClF2NO. The van der Waals surface area contributed by atoms with Crippen molar-refractivity contribution >= 4 is 28.3 Å². The first-order chi connectivity index (χ1) is 6.02. The lowest BCUT2D eigenvalue weighted by Gasteiger charge is -2.11. The number of nitrogens with two attached hydrogens (primary N) is 1. The Hall–Kier alpha value is -0.390. The molecule has 6 heteroatoms. The lowest BCUT2D eigenvalue weighted by molar-refractivity contribution is 0.116. The number of benzene rings is 1. The van der Waals surface area contributed by atoms with Crippen molar-refractivity contribution in [1.82, 2.24) is 0 Å². The quantitative estimate of drug-likeness (QED) is 0.879. The van der Waals surface area contributed by atoms with E-state index in [2.05, 4.69) is 15.9 Å². The molecule has 1 aromatic carbocycles. The van der Waals surface area contributed by atoms with E-state index in [1.807, 2.05) is 0 Å². The van der Waals surface area contributed by atoms with E-state index in [-0.39, 0.29) is 18.2 Å². The van der Waals surface area contributed by atoms with Crippen LogP contribution in [0.5, 0.6) is 5.75 Å². The number of phenols is 1. The largest absolute Gasteiger partial charge is 0.507 e. The zero-order chi connectivity index (χ0) is 10.0. The van der Waals surface area contributed by atoms with Crippen molar-refractivity contribution in [3.05, 3.63) is 28.2 Å². The summed E-state index contributed by atoms with van der Waals surface area (Å²) in [6.45, 7) is 0. The summed E-state index contributed by atoms with van der Waals surface area (Å²) in [5, 5.41) is 9.09. The lowest BCUT2D eigenvalue weighted by Crippen LogP contribution is -2.18. The van der Waals surface area contributed by atoms with Gasteiger partial charge >= 0.3 is 0 Å². The molecule has 0 fully saturated rings. The Bertz CT molecular complexity index is 311. The fourth-order valence-corrected chi connectivity index (χ4v) is 1.27. The fraction of sp³-hybridized carbons (Fsp3) is 0.250. The van der Waals surface area contributed by atoms with Crippen molar-refractivity contribution in [3.63, 3.8) is 0 Å². The van der Waals surface area contributed by atoms with E-state index in [0.29, 0.717) is 10.0 Å². The van der Waals surface area contributed by atoms with Gasteiger partial charge in [-0.1, -0.05) is 6.07 Å². The van der Waals surface area contributed by atoms with Crippen molar-refractivity contribution in [2.24, 2.45) is 5.73 Å². The third-order valence-corrected chi connectivity index (χ3v) is 2.26. The molecule has 0 aliphatic carbocycles. The molecule has 0 aliphatic rings. The van der Waals surface area contributed by atoms with Crippen LogP contribution in [0, 0.1) is 0 Å². The summed E-state index contributed by atoms with van der Waals surface area (Å²) in [4.78, 5) is 0. The van der Waals surface area contributed by atoms with Crippen molar-refractivity contribution in [1.29, 1.82) is 0 Å². The lowest BCUT2D eigenvalue weighted by atomic mass is 10.1. The third-order valence-electron chi connectivity index (χ3n) is 1.63. The number of hydrogen-bond acceptors (Lipinski definition) is 2. The Balaban J connectivity index is 0.00000169.